The highest BCUT2D eigenvalue weighted by Gasteiger charge is 2.33. The molecule has 1 N–H and O–H groups in total. The van der Waals surface area contributed by atoms with E-state index >= 15 is 0 Å². The molecule has 1 amide bonds. The smallest absolute Gasteiger partial charge is 0.275 e. The van der Waals surface area contributed by atoms with Crippen molar-refractivity contribution in [3.63, 3.8) is 0 Å². The van der Waals surface area contributed by atoms with Crippen molar-refractivity contribution in [2.24, 2.45) is 0 Å². The van der Waals surface area contributed by atoms with Gasteiger partial charge in [-0.1, -0.05) is 30.3 Å². The number of fused-ring (bicyclic) bond motifs is 1. The Labute approximate surface area is 151 Å². The van der Waals surface area contributed by atoms with Crippen LogP contribution in [0.25, 0.3) is 11.4 Å². The monoisotopic (exact) mass is 348 g/mol. The third-order valence-electron chi connectivity index (χ3n) is 5.22. The van der Waals surface area contributed by atoms with Crippen LogP contribution in [0.1, 0.15) is 53.7 Å². The lowest BCUT2D eigenvalue weighted by Gasteiger charge is -2.32. The number of amides is 1. The normalized spacial score (nSPS) is 19.4. The van der Waals surface area contributed by atoms with Crippen LogP contribution in [0.5, 0.6) is 0 Å². The van der Waals surface area contributed by atoms with Crippen LogP contribution in [-0.2, 0) is 6.54 Å². The number of rotatable bonds is 3. The van der Waals surface area contributed by atoms with E-state index in [-0.39, 0.29) is 11.9 Å². The van der Waals surface area contributed by atoms with Gasteiger partial charge in [0.25, 0.3) is 5.91 Å². The van der Waals surface area contributed by atoms with Crippen LogP contribution in [0, 0.1) is 0 Å². The molecular weight excluding hydrogens is 328 g/mol. The fraction of sp³-hybridized carbons (Fsp3) is 0.368. The van der Waals surface area contributed by atoms with Gasteiger partial charge >= 0.3 is 0 Å². The Bertz CT molecular complexity index is 956. The second-order valence-electron chi connectivity index (χ2n) is 7.04. The SMILES string of the molecule is C[C@H]1c2nc(-c3ccccc3)nn2CCN1C(=O)c1cc(C2CC2)[nH]n1. The summed E-state index contributed by atoms with van der Waals surface area (Å²) in [5.41, 5.74) is 2.56. The van der Waals surface area contributed by atoms with E-state index in [0.717, 1.165) is 17.1 Å². The molecule has 1 aliphatic heterocycles. The summed E-state index contributed by atoms with van der Waals surface area (Å²) in [7, 11) is 0. The van der Waals surface area contributed by atoms with Gasteiger partial charge in [-0.2, -0.15) is 10.2 Å². The molecule has 0 unspecified atom stereocenters. The Morgan fingerprint density at radius 2 is 2.00 bits per heavy atom. The van der Waals surface area contributed by atoms with Crippen molar-refractivity contribution in [3.8, 4) is 11.4 Å². The maximum absolute atomic E-state index is 12.9. The minimum atomic E-state index is -0.137. The van der Waals surface area contributed by atoms with Gasteiger partial charge in [0.15, 0.2) is 5.82 Å². The lowest BCUT2D eigenvalue weighted by atomic mass is 10.2. The van der Waals surface area contributed by atoms with Crippen molar-refractivity contribution in [2.45, 2.75) is 38.3 Å². The number of carbonyl (C=O) groups excluding carboxylic acids is 1. The van der Waals surface area contributed by atoms with Crippen molar-refractivity contribution in [1.82, 2.24) is 29.9 Å². The number of hydrogen-bond donors (Lipinski definition) is 1. The van der Waals surface area contributed by atoms with E-state index in [1.165, 1.54) is 12.8 Å². The molecule has 0 bridgehead atoms. The molecule has 2 aromatic heterocycles. The van der Waals surface area contributed by atoms with E-state index in [1.54, 1.807) is 0 Å². The van der Waals surface area contributed by atoms with E-state index in [1.807, 2.05) is 52.9 Å². The number of hydrogen-bond acceptors (Lipinski definition) is 4. The number of nitrogens with one attached hydrogen (secondary N) is 1. The number of benzene rings is 1. The molecule has 26 heavy (non-hydrogen) atoms. The molecule has 0 spiro atoms. The molecule has 1 saturated carbocycles. The van der Waals surface area contributed by atoms with E-state index in [4.69, 9.17) is 4.98 Å². The number of carbonyl (C=O) groups is 1. The maximum atomic E-state index is 12.9. The zero-order chi connectivity index (χ0) is 17.7. The largest absolute Gasteiger partial charge is 0.325 e. The molecular formula is C19H20N6O. The minimum absolute atomic E-state index is 0.0452. The first-order valence-corrected chi connectivity index (χ1v) is 9.07. The summed E-state index contributed by atoms with van der Waals surface area (Å²) in [6.45, 7) is 3.25. The molecule has 1 aromatic carbocycles. The van der Waals surface area contributed by atoms with E-state index < -0.39 is 0 Å². The second-order valence-corrected chi connectivity index (χ2v) is 7.04. The first-order chi connectivity index (χ1) is 12.7. The predicted molar refractivity (Wildman–Crippen MR) is 95.5 cm³/mol. The Morgan fingerprint density at radius 3 is 2.77 bits per heavy atom. The van der Waals surface area contributed by atoms with Crippen molar-refractivity contribution in [3.05, 3.63) is 53.6 Å². The van der Waals surface area contributed by atoms with Crippen molar-refractivity contribution < 1.29 is 4.79 Å². The summed E-state index contributed by atoms with van der Waals surface area (Å²) in [4.78, 5) is 19.5. The Morgan fingerprint density at radius 1 is 1.19 bits per heavy atom. The summed E-state index contributed by atoms with van der Waals surface area (Å²) >= 11 is 0. The lowest BCUT2D eigenvalue weighted by Crippen LogP contribution is -2.41. The minimum Gasteiger partial charge on any atom is -0.325 e. The highest BCUT2D eigenvalue weighted by molar-refractivity contribution is 5.92. The highest BCUT2D eigenvalue weighted by atomic mass is 16.2. The van der Waals surface area contributed by atoms with Gasteiger partial charge in [0, 0.05) is 23.7 Å². The van der Waals surface area contributed by atoms with Gasteiger partial charge < -0.3 is 4.90 Å². The van der Waals surface area contributed by atoms with Crippen LogP contribution in [0.4, 0.5) is 0 Å². The highest BCUT2D eigenvalue weighted by Crippen LogP contribution is 2.39. The summed E-state index contributed by atoms with van der Waals surface area (Å²) < 4.78 is 1.91. The van der Waals surface area contributed by atoms with Crippen molar-refractivity contribution in [2.75, 3.05) is 6.54 Å². The summed E-state index contributed by atoms with van der Waals surface area (Å²) in [5, 5.41) is 11.9. The molecule has 5 rings (SSSR count). The summed E-state index contributed by atoms with van der Waals surface area (Å²) in [6, 6.07) is 11.7. The van der Waals surface area contributed by atoms with Crippen LogP contribution in [0.3, 0.4) is 0 Å². The Balaban J connectivity index is 1.41. The predicted octanol–water partition coefficient (Wildman–Crippen LogP) is 2.76. The van der Waals surface area contributed by atoms with E-state index in [0.29, 0.717) is 30.5 Å². The first-order valence-electron chi connectivity index (χ1n) is 9.07. The first kappa shape index (κ1) is 15.3. The van der Waals surface area contributed by atoms with Gasteiger partial charge in [-0.3, -0.25) is 9.89 Å². The standard InChI is InChI=1S/C19H20N6O/c1-12-18-20-17(14-5-3-2-4-6-14)23-25(18)10-9-24(12)19(26)16-11-15(21-22-16)13-7-8-13/h2-6,11-13H,7-10H2,1H3,(H,21,22)/t12-/m0/s1. The van der Waals surface area contributed by atoms with Crippen molar-refractivity contribution in [1.29, 1.82) is 0 Å². The number of aromatic nitrogens is 5. The summed E-state index contributed by atoms with van der Waals surface area (Å²) in [6.07, 6.45) is 2.36. The van der Waals surface area contributed by atoms with Crippen LogP contribution in [0.15, 0.2) is 36.4 Å². The molecule has 0 saturated heterocycles. The second kappa shape index (κ2) is 5.79. The molecule has 3 aromatic rings. The topological polar surface area (TPSA) is 79.7 Å². The van der Waals surface area contributed by atoms with Gasteiger partial charge in [-0.25, -0.2) is 9.67 Å². The van der Waals surface area contributed by atoms with Gasteiger partial charge in [0.05, 0.1) is 12.6 Å². The molecule has 0 radical (unpaired) electrons. The van der Waals surface area contributed by atoms with Crippen LogP contribution >= 0.6 is 0 Å². The van der Waals surface area contributed by atoms with Gasteiger partial charge in [0.1, 0.15) is 11.5 Å². The fourth-order valence-corrected chi connectivity index (χ4v) is 3.55. The van der Waals surface area contributed by atoms with Crippen LogP contribution < -0.4 is 0 Å². The van der Waals surface area contributed by atoms with E-state index in [9.17, 15) is 4.79 Å². The quantitative estimate of drug-likeness (QED) is 0.789. The molecule has 1 atom stereocenters. The number of aromatic amines is 1. The third kappa shape index (κ3) is 2.51. The molecule has 1 aliphatic carbocycles. The zero-order valence-electron chi connectivity index (χ0n) is 14.6. The molecule has 1 fully saturated rings. The summed E-state index contributed by atoms with van der Waals surface area (Å²) in [5.74, 6) is 2.04. The fourth-order valence-electron chi connectivity index (χ4n) is 3.55. The molecule has 7 heteroatoms. The zero-order valence-corrected chi connectivity index (χ0v) is 14.6. The van der Waals surface area contributed by atoms with Gasteiger partial charge in [-0.15, -0.1) is 0 Å². The Kier molecular flexibility index (Phi) is 3.41. The molecule has 132 valence electrons. The average molecular weight is 348 g/mol. The lowest BCUT2D eigenvalue weighted by molar-refractivity contribution is 0.0624. The van der Waals surface area contributed by atoms with Crippen LogP contribution in [-0.4, -0.2) is 42.3 Å². The molecule has 3 heterocycles. The number of nitrogens with zero attached hydrogens (tertiary/aromatic N) is 5. The van der Waals surface area contributed by atoms with E-state index in [2.05, 4.69) is 15.3 Å². The molecule has 7 nitrogen and oxygen atoms in total. The van der Waals surface area contributed by atoms with Gasteiger partial charge in [-0.05, 0) is 25.8 Å². The molecule has 2 aliphatic rings. The maximum Gasteiger partial charge on any atom is 0.275 e. The third-order valence-corrected chi connectivity index (χ3v) is 5.22. The van der Waals surface area contributed by atoms with Gasteiger partial charge in [0.2, 0.25) is 0 Å². The number of H-pyrrole nitrogens is 1. The van der Waals surface area contributed by atoms with Crippen molar-refractivity contribution >= 4 is 5.91 Å². The Hall–Kier alpha value is -2.96. The average Bonchev–Trinajstić information content (AvgIpc) is 3.23. The van der Waals surface area contributed by atoms with Crippen LogP contribution in [0.2, 0.25) is 0 Å².